The molecule has 0 amide bonds. The minimum Gasteiger partial charge on any atom is -0.384 e. The molecule has 0 aliphatic rings. The molecule has 0 aliphatic carbocycles. The molecule has 0 spiro atoms. The summed E-state index contributed by atoms with van der Waals surface area (Å²) in [5, 5.41) is 16.1. The second kappa shape index (κ2) is 9.90. The quantitative estimate of drug-likeness (QED) is 0.246. The van der Waals surface area contributed by atoms with Gasteiger partial charge in [0.2, 0.25) is 0 Å². The van der Waals surface area contributed by atoms with E-state index in [1.165, 1.54) is 0 Å². The lowest BCUT2D eigenvalue weighted by atomic mass is 9.71. The predicted octanol–water partition coefficient (Wildman–Crippen LogP) is 7.12. The van der Waals surface area contributed by atoms with Gasteiger partial charge in [-0.2, -0.15) is 0 Å². The van der Waals surface area contributed by atoms with Crippen molar-refractivity contribution in [1.82, 2.24) is 9.88 Å². The molecule has 1 heterocycles. The highest BCUT2D eigenvalue weighted by atomic mass is 79.9. The summed E-state index contributed by atoms with van der Waals surface area (Å²) in [6.07, 6.45) is 2.50. The van der Waals surface area contributed by atoms with Crippen LogP contribution in [-0.4, -0.2) is 35.6 Å². The van der Waals surface area contributed by atoms with Crippen molar-refractivity contribution in [3.63, 3.8) is 0 Å². The minimum atomic E-state index is -1.16. The number of pyridine rings is 1. The largest absolute Gasteiger partial charge is 0.384 e. The molecular weight excluding hydrogens is 496 g/mol. The summed E-state index contributed by atoms with van der Waals surface area (Å²) in [7, 11) is 4.10. The average Bonchev–Trinajstić information content (AvgIpc) is 2.87. The summed E-state index contributed by atoms with van der Waals surface area (Å²) in [6.45, 7) is 0.746. The molecule has 0 fully saturated rings. The summed E-state index contributed by atoms with van der Waals surface area (Å²) < 4.78 is 1.01. The number of hydrogen-bond acceptors (Lipinski definition) is 3. The van der Waals surface area contributed by atoms with E-state index in [-0.39, 0.29) is 5.92 Å². The highest BCUT2D eigenvalue weighted by Gasteiger charge is 2.41. The number of halogens is 1. The Morgan fingerprint density at radius 1 is 0.829 bits per heavy atom. The van der Waals surface area contributed by atoms with E-state index < -0.39 is 5.60 Å². The van der Waals surface area contributed by atoms with Gasteiger partial charge in [-0.15, -0.1) is 0 Å². The summed E-state index contributed by atoms with van der Waals surface area (Å²) in [5.74, 6) is -0.301. The maximum absolute atomic E-state index is 12.9. The lowest BCUT2D eigenvalue weighted by Gasteiger charge is -2.39. The Kier molecular flexibility index (Phi) is 6.70. The lowest BCUT2D eigenvalue weighted by molar-refractivity contribution is 0.00584. The van der Waals surface area contributed by atoms with Crippen molar-refractivity contribution in [3.8, 4) is 0 Å². The molecule has 1 unspecified atom stereocenters. The van der Waals surface area contributed by atoms with Crippen LogP contribution in [0.1, 0.15) is 29.0 Å². The van der Waals surface area contributed by atoms with E-state index in [0.29, 0.717) is 6.42 Å². The Hall–Kier alpha value is -3.05. The van der Waals surface area contributed by atoms with Crippen molar-refractivity contribution in [1.29, 1.82) is 0 Å². The van der Waals surface area contributed by atoms with Crippen LogP contribution in [0.3, 0.4) is 0 Å². The molecule has 35 heavy (non-hydrogen) atoms. The Labute approximate surface area is 215 Å². The summed E-state index contributed by atoms with van der Waals surface area (Å²) >= 11 is 3.60. The van der Waals surface area contributed by atoms with E-state index in [9.17, 15) is 5.11 Å². The zero-order valence-electron chi connectivity index (χ0n) is 20.0. The van der Waals surface area contributed by atoms with E-state index in [4.69, 9.17) is 4.98 Å². The topological polar surface area (TPSA) is 36.4 Å². The van der Waals surface area contributed by atoms with E-state index in [1.807, 2.05) is 48.7 Å². The van der Waals surface area contributed by atoms with Crippen LogP contribution in [0.15, 0.2) is 108 Å². The molecule has 0 saturated carbocycles. The zero-order chi connectivity index (χ0) is 24.4. The van der Waals surface area contributed by atoms with Crippen molar-refractivity contribution < 1.29 is 5.11 Å². The number of benzene rings is 4. The predicted molar refractivity (Wildman–Crippen MR) is 149 cm³/mol. The second-order valence-electron chi connectivity index (χ2n) is 9.45. The number of aliphatic hydroxyl groups is 1. The molecule has 0 radical (unpaired) electrons. The molecule has 0 saturated heterocycles. The van der Waals surface area contributed by atoms with Gasteiger partial charge in [0.05, 0.1) is 5.52 Å². The van der Waals surface area contributed by atoms with Gasteiger partial charge < -0.3 is 10.0 Å². The molecule has 2 atom stereocenters. The monoisotopic (exact) mass is 524 g/mol. The number of rotatable bonds is 7. The average molecular weight is 525 g/mol. The standard InChI is InChI=1S/C31H29BrN2O/c1-34(2)18-17-31(35,28-14-8-12-22-9-6-7-13-27(22)28)30(23-10-4-3-5-11-23)25-19-24-20-26(32)15-16-29(24)33-21-25/h3-16,19-21,30,35H,17-18H2,1-2H3/t30?,31-/m1/s1. The van der Waals surface area contributed by atoms with Crippen molar-refractivity contribution >= 4 is 37.6 Å². The molecular formula is C31H29BrN2O. The molecule has 5 aromatic rings. The summed E-state index contributed by atoms with van der Waals surface area (Å²) in [4.78, 5) is 6.92. The number of fused-ring (bicyclic) bond motifs is 2. The molecule has 4 aromatic carbocycles. The van der Waals surface area contributed by atoms with Gasteiger partial charge in [0.1, 0.15) is 5.60 Å². The number of hydrogen-bond donors (Lipinski definition) is 1. The Balaban J connectivity index is 1.78. The maximum atomic E-state index is 12.9. The van der Waals surface area contributed by atoms with E-state index in [2.05, 4.69) is 89.5 Å². The van der Waals surface area contributed by atoms with Gasteiger partial charge in [-0.25, -0.2) is 0 Å². The Bertz CT molecular complexity index is 1460. The van der Waals surface area contributed by atoms with E-state index in [0.717, 1.165) is 49.4 Å². The highest BCUT2D eigenvalue weighted by Crippen LogP contribution is 2.46. The van der Waals surface area contributed by atoms with E-state index >= 15 is 0 Å². The van der Waals surface area contributed by atoms with Crippen molar-refractivity contribution in [2.75, 3.05) is 20.6 Å². The molecule has 4 heteroatoms. The molecule has 1 aromatic heterocycles. The molecule has 1 N–H and O–H groups in total. The molecule has 5 rings (SSSR count). The molecule has 176 valence electrons. The van der Waals surface area contributed by atoms with Gasteiger partial charge in [-0.05, 0) is 72.2 Å². The van der Waals surface area contributed by atoms with Crippen LogP contribution < -0.4 is 0 Å². The van der Waals surface area contributed by atoms with Crippen molar-refractivity contribution in [3.05, 3.63) is 124 Å². The van der Waals surface area contributed by atoms with Crippen LogP contribution in [0, 0.1) is 0 Å². The third kappa shape index (κ3) is 4.74. The van der Waals surface area contributed by atoms with Crippen LogP contribution in [0.5, 0.6) is 0 Å². The lowest BCUT2D eigenvalue weighted by Crippen LogP contribution is -2.37. The second-order valence-corrected chi connectivity index (χ2v) is 10.4. The fraction of sp³-hybridized carbons (Fsp3) is 0.194. The minimum absolute atomic E-state index is 0.301. The smallest absolute Gasteiger partial charge is 0.102 e. The van der Waals surface area contributed by atoms with Crippen LogP contribution in [-0.2, 0) is 5.60 Å². The fourth-order valence-electron chi connectivity index (χ4n) is 5.10. The third-order valence-electron chi connectivity index (χ3n) is 6.80. The fourth-order valence-corrected chi connectivity index (χ4v) is 5.48. The molecule has 0 aliphatic heterocycles. The number of aromatic nitrogens is 1. The first kappa shape index (κ1) is 23.7. The first-order valence-corrected chi connectivity index (χ1v) is 12.7. The first-order valence-electron chi connectivity index (χ1n) is 11.9. The Morgan fingerprint density at radius 3 is 2.37 bits per heavy atom. The van der Waals surface area contributed by atoms with Gasteiger partial charge >= 0.3 is 0 Å². The van der Waals surface area contributed by atoms with Gasteiger partial charge in [0.15, 0.2) is 0 Å². The first-order chi connectivity index (χ1) is 17.0. The van der Waals surface area contributed by atoms with Gasteiger partial charge in [-0.1, -0.05) is 88.7 Å². The maximum Gasteiger partial charge on any atom is 0.102 e. The van der Waals surface area contributed by atoms with Crippen LogP contribution in [0.4, 0.5) is 0 Å². The normalized spacial score (nSPS) is 14.3. The van der Waals surface area contributed by atoms with Crippen molar-refractivity contribution in [2.24, 2.45) is 0 Å². The molecule has 0 bridgehead atoms. The summed E-state index contributed by atoms with van der Waals surface area (Å²) in [5.41, 5.74) is 2.79. The SMILES string of the molecule is CN(C)CC[C@@](O)(c1cccc2ccccc12)C(c1ccccc1)c1cnc2ccc(Br)cc2c1. The van der Waals surface area contributed by atoms with Gasteiger partial charge in [0.25, 0.3) is 0 Å². The van der Waals surface area contributed by atoms with Gasteiger partial charge in [0, 0.05) is 28.5 Å². The zero-order valence-corrected chi connectivity index (χ0v) is 21.6. The van der Waals surface area contributed by atoms with Gasteiger partial charge in [-0.3, -0.25) is 4.98 Å². The van der Waals surface area contributed by atoms with Crippen LogP contribution in [0.2, 0.25) is 0 Å². The molecule has 3 nitrogen and oxygen atoms in total. The Morgan fingerprint density at radius 2 is 1.57 bits per heavy atom. The van der Waals surface area contributed by atoms with E-state index in [1.54, 1.807) is 0 Å². The van der Waals surface area contributed by atoms with Crippen LogP contribution in [0.25, 0.3) is 21.7 Å². The summed E-state index contributed by atoms with van der Waals surface area (Å²) in [6, 6.07) is 33.2. The van der Waals surface area contributed by atoms with Crippen molar-refractivity contribution in [2.45, 2.75) is 17.9 Å². The highest BCUT2D eigenvalue weighted by molar-refractivity contribution is 9.10. The number of nitrogens with zero attached hydrogens (tertiary/aromatic N) is 2. The third-order valence-corrected chi connectivity index (χ3v) is 7.30. The van der Waals surface area contributed by atoms with Crippen LogP contribution >= 0.6 is 15.9 Å².